The van der Waals surface area contributed by atoms with Crippen LogP contribution in [-0.4, -0.2) is 87.8 Å². The Morgan fingerprint density at radius 1 is 1.33 bits per heavy atom. The maximum absolute atomic E-state index is 12.3. The number of sulfonamides is 1. The summed E-state index contributed by atoms with van der Waals surface area (Å²) in [6, 6.07) is 3.38. The fourth-order valence-corrected chi connectivity index (χ4v) is 5.45. The highest BCUT2D eigenvalue weighted by Gasteiger charge is 2.54. The zero-order chi connectivity index (χ0) is 24.0. The molecule has 0 radical (unpaired) electrons. The van der Waals surface area contributed by atoms with Crippen LogP contribution in [0.4, 0.5) is 5.82 Å². The average Bonchev–Trinajstić information content (AvgIpc) is 3.29. The maximum atomic E-state index is 12.3. The number of anilines is 1. The van der Waals surface area contributed by atoms with E-state index in [4.69, 9.17) is 15.2 Å². The monoisotopic (exact) mass is 483 g/mol. The number of rotatable bonds is 6. The third-order valence-electron chi connectivity index (χ3n) is 6.56. The van der Waals surface area contributed by atoms with Gasteiger partial charge in [0.25, 0.3) is 0 Å². The molecule has 33 heavy (non-hydrogen) atoms. The molecule has 0 amide bonds. The first-order chi connectivity index (χ1) is 15.5. The van der Waals surface area contributed by atoms with Crippen LogP contribution in [0.15, 0.2) is 18.5 Å². The van der Waals surface area contributed by atoms with Gasteiger partial charge in [0.1, 0.15) is 42.4 Å². The largest absolute Gasteiger partial charge is 0.463 e. The van der Waals surface area contributed by atoms with E-state index in [-0.39, 0.29) is 24.8 Å². The quantitative estimate of drug-likeness (QED) is 0.444. The topological polar surface area (TPSA) is 170 Å². The molecular weight excluding hydrogens is 454 g/mol. The van der Waals surface area contributed by atoms with Crippen molar-refractivity contribution >= 4 is 27.3 Å². The SMILES string of the molecule is C[C@@]1(c2ccc3c(N)ncnn23)O[C@H](COC(=O)CC2CCN(S(C)(=O)=O)CC2)[C@@H](O)[C@H]1O. The number of piperidine rings is 1. The summed E-state index contributed by atoms with van der Waals surface area (Å²) in [6.45, 7) is 2.16. The highest BCUT2D eigenvalue weighted by atomic mass is 32.2. The van der Waals surface area contributed by atoms with Crippen molar-refractivity contribution < 1.29 is 32.9 Å². The van der Waals surface area contributed by atoms with E-state index in [9.17, 15) is 23.4 Å². The van der Waals surface area contributed by atoms with Crippen molar-refractivity contribution in [1.29, 1.82) is 0 Å². The molecule has 4 heterocycles. The Morgan fingerprint density at radius 2 is 2.03 bits per heavy atom. The molecule has 0 unspecified atom stereocenters. The number of esters is 1. The van der Waals surface area contributed by atoms with Crippen molar-refractivity contribution in [2.24, 2.45) is 5.92 Å². The maximum Gasteiger partial charge on any atom is 0.306 e. The van der Waals surface area contributed by atoms with E-state index in [1.54, 1.807) is 19.1 Å². The fraction of sp³-hybridized carbons (Fsp3) is 0.650. The summed E-state index contributed by atoms with van der Waals surface area (Å²) < 4.78 is 37.4. The molecule has 0 spiro atoms. The van der Waals surface area contributed by atoms with Gasteiger partial charge in [-0.1, -0.05) is 0 Å². The van der Waals surface area contributed by atoms with Crippen molar-refractivity contribution in [3.05, 3.63) is 24.2 Å². The molecule has 2 aromatic heterocycles. The van der Waals surface area contributed by atoms with Gasteiger partial charge in [0, 0.05) is 19.5 Å². The Kier molecular flexibility index (Phi) is 6.35. The summed E-state index contributed by atoms with van der Waals surface area (Å²) in [4.78, 5) is 16.3. The summed E-state index contributed by atoms with van der Waals surface area (Å²) in [5, 5.41) is 25.5. The zero-order valence-electron chi connectivity index (χ0n) is 18.5. The number of hydrogen-bond acceptors (Lipinski definition) is 10. The third-order valence-corrected chi connectivity index (χ3v) is 7.87. The molecule has 182 valence electrons. The molecule has 2 saturated heterocycles. The van der Waals surface area contributed by atoms with Gasteiger partial charge in [-0.25, -0.2) is 22.2 Å². The van der Waals surface area contributed by atoms with Crippen LogP contribution < -0.4 is 5.73 Å². The number of aliphatic hydroxyl groups is 2. The number of hydrogen-bond donors (Lipinski definition) is 3. The number of nitrogens with zero attached hydrogens (tertiary/aromatic N) is 4. The van der Waals surface area contributed by atoms with Crippen LogP contribution in [0.2, 0.25) is 0 Å². The van der Waals surface area contributed by atoms with Gasteiger partial charge in [0.15, 0.2) is 5.82 Å². The van der Waals surface area contributed by atoms with E-state index in [1.165, 1.54) is 21.4 Å². The zero-order valence-corrected chi connectivity index (χ0v) is 19.3. The van der Waals surface area contributed by atoms with Crippen LogP contribution in [0, 0.1) is 5.92 Å². The molecule has 4 N–H and O–H groups in total. The number of carbonyl (C=O) groups is 1. The van der Waals surface area contributed by atoms with Crippen LogP contribution in [0.1, 0.15) is 31.9 Å². The van der Waals surface area contributed by atoms with Gasteiger partial charge in [0.2, 0.25) is 10.0 Å². The number of aromatic nitrogens is 3. The van der Waals surface area contributed by atoms with E-state index >= 15 is 0 Å². The van der Waals surface area contributed by atoms with Crippen molar-refractivity contribution in [3.8, 4) is 0 Å². The van der Waals surface area contributed by atoms with E-state index in [0.29, 0.717) is 37.1 Å². The Bertz CT molecular complexity index is 1130. The Labute approximate surface area is 191 Å². The summed E-state index contributed by atoms with van der Waals surface area (Å²) in [5.41, 5.74) is 5.57. The van der Waals surface area contributed by atoms with E-state index < -0.39 is 39.9 Å². The molecule has 2 aromatic rings. The molecule has 4 rings (SSSR count). The highest BCUT2D eigenvalue weighted by molar-refractivity contribution is 7.88. The van der Waals surface area contributed by atoms with Gasteiger partial charge in [0.05, 0.1) is 11.9 Å². The second-order valence-corrected chi connectivity index (χ2v) is 10.8. The Morgan fingerprint density at radius 3 is 2.70 bits per heavy atom. The van der Waals surface area contributed by atoms with Gasteiger partial charge in [-0.3, -0.25) is 4.79 Å². The van der Waals surface area contributed by atoms with Crippen LogP contribution in [0.3, 0.4) is 0 Å². The van der Waals surface area contributed by atoms with Gasteiger partial charge in [-0.05, 0) is 37.8 Å². The lowest BCUT2D eigenvalue weighted by molar-refractivity contribution is -0.153. The number of nitrogens with two attached hydrogens (primary N) is 1. The lowest BCUT2D eigenvalue weighted by Crippen LogP contribution is -2.40. The molecular formula is C20H29N5O7S. The Balaban J connectivity index is 1.36. The van der Waals surface area contributed by atoms with Crippen LogP contribution in [0.25, 0.3) is 5.52 Å². The number of fused-ring (bicyclic) bond motifs is 1. The van der Waals surface area contributed by atoms with Crippen molar-refractivity contribution in [3.63, 3.8) is 0 Å². The molecule has 13 heteroatoms. The van der Waals surface area contributed by atoms with E-state index in [1.807, 2.05) is 0 Å². The third kappa shape index (κ3) is 4.55. The first-order valence-corrected chi connectivity index (χ1v) is 12.6. The summed E-state index contributed by atoms with van der Waals surface area (Å²) >= 11 is 0. The molecule has 2 fully saturated rings. The van der Waals surface area contributed by atoms with Crippen LogP contribution in [0.5, 0.6) is 0 Å². The molecule has 0 saturated carbocycles. The number of ether oxygens (including phenoxy) is 2. The van der Waals surface area contributed by atoms with Gasteiger partial charge < -0.3 is 25.4 Å². The smallest absolute Gasteiger partial charge is 0.306 e. The Hall–Kier alpha value is -2.32. The van der Waals surface area contributed by atoms with Gasteiger partial charge >= 0.3 is 5.97 Å². The number of carbonyl (C=O) groups excluding carboxylic acids is 1. The number of nitrogen functional groups attached to an aromatic ring is 1. The summed E-state index contributed by atoms with van der Waals surface area (Å²) in [6.07, 6.45) is 0.246. The molecule has 4 atom stereocenters. The highest BCUT2D eigenvalue weighted by Crippen LogP contribution is 2.40. The molecule has 2 aliphatic rings. The first-order valence-electron chi connectivity index (χ1n) is 10.7. The summed E-state index contributed by atoms with van der Waals surface area (Å²) in [5.74, 6) is -0.168. The predicted molar refractivity (Wildman–Crippen MR) is 116 cm³/mol. The number of aliphatic hydroxyl groups excluding tert-OH is 2. The molecule has 0 aromatic carbocycles. The lowest BCUT2D eigenvalue weighted by atomic mass is 9.93. The average molecular weight is 484 g/mol. The van der Waals surface area contributed by atoms with Crippen LogP contribution in [-0.2, 0) is 29.9 Å². The van der Waals surface area contributed by atoms with E-state index in [0.717, 1.165) is 0 Å². The van der Waals surface area contributed by atoms with Crippen molar-refractivity contribution in [2.75, 3.05) is 31.7 Å². The normalized spacial score (nSPS) is 29.5. The predicted octanol–water partition coefficient (Wildman–Crippen LogP) is -0.748. The van der Waals surface area contributed by atoms with Gasteiger partial charge in [-0.2, -0.15) is 5.10 Å². The van der Waals surface area contributed by atoms with E-state index in [2.05, 4.69) is 10.1 Å². The first kappa shape index (κ1) is 23.8. The molecule has 0 bridgehead atoms. The van der Waals surface area contributed by atoms with Crippen molar-refractivity contribution in [1.82, 2.24) is 18.9 Å². The second-order valence-electron chi connectivity index (χ2n) is 8.85. The fourth-order valence-electron chi connectivity index (χ4n) is 4.57. The minimum Gasteiger partial charge on any atom is -0.463 e. The molecule has 0 aliphatic carbocycles. The lowest BCUT2D eigenvalue weighted by Gasteiger charge is -2.29. The van der Waals surface area contributed by atoms with Crippen molar-refractivity contribution in [2.45, 2.75) is 50.1 Å². The standard InChI is InChI=1S/C20H29N5O7S/c1-20(15-4-3-13-19(21)22-11-23-25(13)15)18(28)17(27)14(32-20)10-31-16(26)9-12-5-7-24(8-6-12)33(2,29)30/h3-4,11-12,14,17-18,27-28H,5-10H2,1-2H3,(H2,21,22,23)/t14-,17-,18-,20+/m1/s1. The molecule has 12 nitrogen and oxygen atoms in total. The van der Waals surface area contributed by atoms with Crippen LogP contribution >= 0.6 is 0 Å². The minimum atomic E-state index is -3.22. The minimum absolute atomic E-state index is 0.0259. The second kappa shape index (κ2) is 8.80. The molecule has 2 aliphatic heterocycles. The van der Waals surface area contributed by atoms with Gasteiger partial charge in [-0.15, -0.1) is 0 Å². The summed E-state index contributed by atoms with van der Waals surface area (Å²) in [7, 11) is -3.22.